The van der Waals surface area contributed by atoms with Crippen molar-refractivity contribution in [3.8, 4) is 5.75 Å². The fraction of sp³-hybridized carbons (Fsp3) is 0.611. The van der Waals surface area contributed by atoms with Crippen molar-refractivity contribution in [3.63, 3.8) is 0 Å². The van der Waals surface area contributed by atoms with Gasteiger partial charge in [-0.15, -0.1) is 0 Å². The SMILES string of the molecule is CC(C)N1CCC(CNC(=O)C2Cc3cc(Cl)ccc3O2)CC1. The fourth-order valence-corrected chi connectivity index (χ4v) is 3.59. The van der Waals surface area contributed by atoms with E-state index in [4.69, 9.17) is 16.3 Å². The molecular weight excluding hydrogens is 312 g/mol. The van der Waals surface area contributed by atoms with Crippen molar-refractivity contribution >= 4 is 17.5 Å². The van der Waals surface area contributed by atoms with Gasteiger partial charge in [0.05, 0.1) is 0 Å². The van der Waals surface area contributed by atoms with Gasteiger partial charge < -0.3 is 15.0 Å². The first-order chi connectivity index (χ1) is 11.0. The van der Waals surface area contributed by atoms with Crippen LogP contribution in [0.15, 0.2) is 18.2 Å². The second-order valence-corrected chi connectivity index (χ2v) is 7.32. The highest BCUT2D eigenvalue weighted by molar-refractivity contribution is 6.30. The number of amides is 1. The minimum absolute atomic E-state index is 0.0105. The summed E-state index contributed by atoms with van der Waals surface area (Å²) in [7, 11) is 0. The Bertz CT molecular complexity index is 568. The standard InChI is InChI=1S/C18H25ClN2O2/c1-12(2)21-7-5-13(6-8-21)11-20-18(22)17-10-14-9-15(19)3-4-16(14)23-17/h3-4,9,12-13,17H,5-8,10-11H2,1-2H3,(H,20,22). The van der Waals surface area contributed by atoms with Crippen LogP contribution < -0.4 is 10.1 Å². The molecule has 1 aromatic carbocycles. The van der Waals surface area contributed by atoms with Crippen LogP contribution in [0.1, 0.15) is 32.3 Å². The predicted octanol–water partition coefficient (Wildman–Crippen LogP) is 2.88. The molecule has 1 amide bonds. The normalized spacial score (nSPS) is 22.0. The number of carbonyl (C=O) groups excluding carboxylic acids is 1. The summed E-state index contributed by atoms with van der Waals surface area (Å²) in [5.74, 6) is 1.34. The zero-order valence-electron chi connectivity index (χ0n) is 13.8. The van der Waals surface area contributed by atoms with Gasteiger partial charge in [-0.1, -0.05) is 11.6 Å². The maximum absolute atomic E-state index is 12.3. The summed E-state index contributed by atoms with van der Waals surface area (Å²) < 4.78 is 5.73. The molecule has 4 nitrogen and oxygen atoms in total. The first-order valence-electron chi connectivity index (χ1n) is 8.50. The van der Waals surface area contributed by atoms with Gasteiger partial charge in [0, 0.05) is 24.0 Å². The summed E-state index contributed by atoms with van der Waals surface area (Å²) in [4.78, 5) is 14.8. The van der Waals surface area contributed by atoms with Crippen LogP contribution in [0.3, 0.4) is 0 Å². The zero-order chi connectivity index (χ0) is 16.4. The second-order valence-electron chi connectivity index (χ2n) is 6.88. The molecule has 0 saturated carbocycles. The third-order valence-electron chi connectivity index (χ3n) is 4.93. The van der Waals surface area contributed by atoms with E-state index < -0.39 is 6.10 Å². The monoisotopic (exact) mass is 336 g/mol. The van der Waals surface area contributed by atoms with Crippen molar-refractivity contribution in [2.75, 3.05) is 19.6 Å². The first kappa shape index (κ1) is 16.6. The molecule has 1 N–H and O–H groups in total. The molecule has 126 valence electrons. The molecular formula is C18H25ClN2O2. The van der Waals surface area contributed by atoms with Gasteiger partial charge in [0.25, 0.3) is 5.91 Å². The van der Waals surface area contributed by atoms with Crippen LogP contribution in [0.5, 0.6) is 5.75 Å². The van der Waals surface area contributed by atoms with Gasteiger partial charge in [0.2, 0.25) is 0 Å². The van der Waals surface area contributed by atoms with E-state index in [0.717, 1.165) is 43.8 Å². The largest absolute Gasteiger partial charge is 0.480 e. The van der Waals surface area contributed by atoms with E-state index in [9.17, 15) is 4.79 Å². The highest BCUT2D eigenvalue weighted by Crippen LogP contribution is 2.31. The molecule has 0 spiro atoms. The predicted molar refractivity (Wildman–Crippen MR) is 92.0 cm³/mol. The Morgan fingerprint density at radius 2 is 2.13 bits per heavy atom. The number of hydrogen-bond acceptors (Lipinski definition) is 3. The van der Waals surface area contributed by atoms with E-state index in [0.29, 0.717) is 23.4 Å². The Balaban J connectivity index is 1.44. The lowest BCUT2D eigenvalue weighted by Gasteiger charge is -2.34. The number of carbonyl (C=O) groups is 1. The molecule has 5 heteroatoms. The lowest BCUT2D eigenvalue weighted by Crippen LogP contribution is -2.44. The van der Waals surface area contributed by atoms with Gasteiger partial charge in [0.1, 0.15) is 5.75 Å². The van der Waals surface area contributed by atoms with Crippen molar-refractivity contribution in [3.05, 3.63) is 28.8 Å². The molecule has 0 aliphatic carbocycles. The number of hydrogen-bond donors (Lipinski definition) is 1. The molecule has 23 heavy (non-hydrogen) atoms. The Kier molecular flexibility index (Phi) is 5.12. The maximum Gasteiger partial charge on any atom is 0.261 e. The summed E-state index contributed by atoms with van der Waals surface area (Å²) in [6, 6.07) is 6.13. The molecule has 1 atom stereocenters. The summed E-state index contributed by atoms with van der Waals surface area (Å²) in [6.07, 6.45) is 2.49. The average molecular weight is 337 g/mol. The molecule has 2 heterocycles. The number of benzene rings is 1. The maximum atomic E-state index is 12.3. The van der Waals surface area contributed by atoms with Crippen LogP contribution in [-0.2, 0) is 11.2 Å². The van der Waals surface area contributed by atoms with E-state index in [2.05, 4.69) is 24.1 Å². The quantitative estimate of drug-likeness (QED) is 0.919. The Morgan fingerprint density at radius 3 is 2.83 bits per heavy atom. The van der Waals surface area contributed by atoms with E-state index >= 15 is 0 Å². The number of nitrogens with zero attached hydrogens (tertiary/aromatic N) is 1. The molecule has 0 bridgehead atoms. The molecule has 1 unspecified atom stereocenters. The first-order valence-corrected chi connectivity index (χ1v) is 8.87. The molecule has 1 saturated heterocycles. The second kappa shape index (κ2) is 7.10. The van der Waals surface area contributed by atoms with Crippen molar-refractivity contribution in [1.29, 1.82) is 0 Å². The highest BCUT2D eigenvalue weighted by Gasteiger charge is 2.30. The molecule has 2 aliphatic rings. The fourth-order valence-electron chi connectivity index (χ4n) is 3.40. The van der Waals surface area contributed by atoms with Crippen LogP contribution in [0.25, 0.3) is 0 Å². The molecule has 0 aromatic heterocycles. The zero-order valence-corrected chi connectivity index (χ0v) is 14.6. The molecule has 0 radical (unpaired) electrons. The third kappa shape index (κ3) is 3.99. The van der Waals surface area contributed by atoms with Crippen LogP contribution in [0, 0.1) is 5.92 Å². The minimum Gasteiger partial charge on any atom is -0.480 e. The summed E-state index contributed by atoms with van der Waals surface area (Å²) in [5, 5.41) is 3.76. The molecule has 2 aliphatic heterocycles. The third-order valence-corrected chi connectivity index (χ3v) is 5.17. The number of likely N-dealkylation sites (tertiary alicyclic amines) is 1. The van der Waals surface area contributed by atoms with Gasteiger partial charge >= 0.3 is 0 Å². The number of fused-ring (bicyclic) bond motifs is 1. The Labute approximate surface area is 143 Å². The van der Waals surface area contributed by atoms with Gasteiger partial charge in [-0.2, -0.15) is 0 Å². The lowest BCUT2D eigenvalue weighted by molar-refractivity contribution is -0.127. The van der Waals surface area contributed by atoms with Crippen molar-refractivity contribution in [2.24, 2.45) is 5.92 Å². The molecule has 3 rings (SSSR count). The number of halogens is 1. The van der Waals surface area contributed by atoms with Crippen molar-refractivity contribution < 1.29 is 9.53 Å². The van der Waals surface area contributed by atoms with Gasteiger partial charge in [-0.05, 0) is 69.5 Å². The van der Waals surface area contributed by atoms with Crippen LogP contribution in [0.2, 0.25) is 5.02 Å². The van der Waals surface area contributed by atoms with Crippen LogP contribution in [-0.4, -0.2) is 42.6 Å². The molecule has 1 fully saturated rings. The number of rotatable bonds is 4. The van der Waals surface area contributed by atoms with E-state index in [1.54, 1.807) is 6.07 Å². The van der Waals surface area contributed by atoms with Crippen molar-refractivity contribution in [1.82, 2.24) is 10.2 Å². The minimum atomic E-state index is -0.417. The summed E-state index contributed by atoms with van der Waals surface area (Å²) >= 11 is 5.99. The Morgan fingerprint density at radius 1 is 1.39 bits per heavy atom. The van der Waals surface area contributed by atoms with E-state index in [1.807, 2.05) is 12.1 Å². The summed E-state index contributed by atoms with van der Waals surface area (Å²) in [5.41, 5.74) is 1.02. The van der Waals surface area contributed by atoms with Gasteiger partial charge in [-0.25, -0.2) is 0 Å². The van der Waals surface area contributed by atoms with Gasteiger partial charge in [-0.3, -0.25) is 4.79 Å². The topological polar surface area (TPSA) is 41.6 Å². The highest BCUT2D eigenvalue weighted by atomic mass is 35.5. The van der Waals surface area contributed by atoms with Crippen LogP contribution in [0.4, 0.5) is 0 Å². The van der Waals surface area contributed by atoms with E-state index in [1.165, 1.54) is 0 Å². The Hall–Kier alpha value is -1.26. The number of piperidine rings is 1. The van der Waals surface area contributed by atoms with Crippen LogP contribution >= 0.6 is 11.6 Å². The van der Waals surface area contributed by atoms with Crippen molar-refractivity contribution in [2.45, 2.75) is 45.3 Å². The summed E-state index contributed by atoms with van der Waals surface area (Å²) in [6.45, 7) is 7.48. The van der Waals surface area contributed by atoms with E-state index in [-0.39, 0.29) is 5.91 Å². The average Bonchev–Trinajstić information content (AvgIpc) is 2.96. The smallest absolute Gasteiger partial charge is 0.261 e. The molecule has 1 aromatic rings. The van der Waals surface area contributed by atoms with Gasteiger partial charge in [0.15, 0.2) is 6.10 Å². The number of nitrogens with one attached hydrogen (secondary N) is 1. The number of ether oxygens (including phenoxy) is 1. The lowest BCUT2D eigenvalue weighted by atomic mass is 9.96.